The summed E-state index contributed by atoms with van der Waals surface area (Å²) in [5, 5.41) is 5.71. The van der Waals surface area contributed by atoms with Crippen LogP contribution in [0.15, 0.2) is 42.5 Å². The number of carbonyl (C=O) groups is 2. The van der Waals surface area contributed by atoms with Gasteiger partial charge in [-0.15, -0.1) is 0 Å². The van der Waals surface area contributed by atoms with Crippen molar-refractivity contribution < 1.29 is 19.1 Å². The SMILES string of the molecule is COc1cc(OC)c(NC(=O)N[C@@H]2CCN(c3ccccc3)C2=O)cc1Cl. The van der Waals surface area contributed by atoms with Gasteiger partial charge in [-0.2, -0.15) is 0 Å². The van der Waals surface area contributed by atoms with Crippen molar-refractivity contribution in [2.75, 3.05) is 31.0 Å². The van der Waals surface area contributed by atoms with Crippen molar-refractivity contribution in [3.05, 3.63) is 47.5 Å². The first-order valence-electron chi connectivity index (χ1n) is 8.39. The summed E-state index contributed by atoms with van der Waals surface area (Å²) in [4.78, 5) is 26.6. The number of ether oxygens (including phenoxy) is 2. The first-order chi connectivity index (χ1) is 13.0. The van der Waals surface area contributed by atoms with Gasteiger partial charge in [-0.3, -0.25) is 4.79 Å². The van der Waals surface area contributed by atoms with E-state index in [1.807, 2.05) is 30.3 Å². The maximum absolute atomic E-state index is 12.6. The molecule has 142 valence electrons. The summed E-state index contributed by atoms with van der Waals surface area (Å²) in [6, 6.07) is 11.4. The fraction of sp³-hybridized carbons (Fsp3) is 0.263. The van der Waals surface area contributed by atoms with Crippen molar-refractivity contribution in [2.24, 2.45) is 0 Å². The second-order valence-electron chi connectivity index (χ2n) is 5.95. The monoisotopic (exact) mass is 389 g/mol. The smallest absolute Gasteiger partial charge is 0.319 e. The lowest BCUT2D eigenvalue weighted by Crippen LogP contribution is -2.43. The molecule has 1 aliphatic rings. The van der Waals surface area contributed by atoms with Crippen molar-refractivity contribution >= 4 is 34.9 Å². The Morgan fingerprint density at radius 1 is 1.15 bits per heavy atom. The molecule has 2 aromatic carbocycles. The first-order valence-corrected chi connectivity index (χ1v) is 8.76. The Morgan fingerprint density at radius 3 is 2.52 bits per heavy atom. The molecule has 2 aromatic rings. The van der Waals surface area contributed by atoms with Crippen LogP contribution in [0.5, 0.6) is 11.5 Å². The second kappa shape index (κ2) is 8.18. The fourth-order valence-corrected chi connectivity index (χ4v) is 3.19. The minimum Gasteiger partial charge on any atom is -0.495 e. The molecule has 8 heteroatoms. The number of anilines is 2. The van der Waals surface area contributed by atoms with E-state index in [-0.39, 0.29) is 5.91 Å². The van der Waals surface area contributed by atoms with Crippen LogP contribution in [0.25, 0.3) is 0 Å². The molecular weight excluding hydrogens is 370 g/mol. The van der Waals surface area contributed by atoms with Crippen LogP contribution in [0.1, 0.15) is 6.42 Å². The molecule has 2 N–H and O–H groups in total. The highest BCUT2D eigenvalue weighted by Crippen LogP contribution is 2.35. The average molecular weight is 390 g/mol. The van der Waals surface area contributed by atoms with Crippen LogP contribution in [0.3, 0.4) is 0 Å². The standard InChI is InChI=1S/C19H20ClN3O4/c1-26-16-11-17(27-2)15(10-13(16)20)22-19(25)21-14-8-9-23(18(14)24)12-6-4-3-5-7-12/h3-7,10-11,14H,8-9H2,1-2H3,(H2,21,22,25)/t14-/m1/s1. The Bertz CT molecular complexity index is 844. The molecule has 0 radical (unpaired) electrons. The van der Waals surface area contributed by atoms with E-state index in [1.54, 1.807) is 11.0 Å². The number of carbonyl (C=O) groups excluding carboxylic acids is 2. The molecule has 1 atom stereocenters. The highest BCUT2D eigenvalue weighted by atomic mass is 35.5. The van der Waals surface area contributed by atoms with Crippen LogP contribution in [-0.2, 0) is 4.79 Å². The number of methoxy groups -OCH3 is 2. The number of halogens is 1. The number of urea groups is 1. The number of para-hydroxylation sites is 1. The van der Waals surface area contributed by atoms with E-state index in [0.29, 0.717) is 35.2 Å². The Labute approximate surface area is 162 Å². The molecule has 1 fully saturated rings. The molecule has 27 heavy (non-hydrogen) atoms. The van der Waals surface area contributed by atoms with Gasteiger partial charge in [-0.1, -0.05) is 29.8 Å². The lowest BCUT2D eigenvalue weighted by Gasteiger charge is -2.18. The third kappa shape index (κ3) is 4.09. The number of hydrogen-bond acceptors (Lipinski definition) is 4. The molecule has 0 spiro atoms. The van der Waals surface area contributed by atoms with Crippen LogP contribution >= 0.6 is 11.6 Å². The molecule has 3 amide bonds. The van der Waals surface area contributed by atoms with Crippen LogP contribution in [0, 0.1) is 0 Å². The summed E-state index contributed by atoms with van der Waals surface area (Å²) in [5.41, 5.74) is 1.20. The Balaban J connectivity index is 1.67. The van der Waals surface area contributed by atoms with Crippen molar-refractivity contribution in [1.29, 1.82) is 0 Å². The van der Waals surface area contributed by atoms with E-state index in [9.17, 15) is 9.59 Å². The van der Waals surface area contributed by atoms with E-state index >= 15 is 0 Å². The molecule has 1 heterocycles. The molecule has 3 rings (SSSR count). The van der Waals surface area contributed by atoms with Crippen molar-refractivity contribution in [2.45, 2.75) is 12.5 Å². The Hall–Kier alpha value is -2.93. The molecule has 1 saturated heterocycles. The highest BCUT2D eigenvalue weighted by Gasteiger charge is 2.33. The zero-order valence-corrected chi connectivity index (χ0v) is 15.7. The lowest BCUT2D eigenvalue weighted by molar-refractivity contribution is -0.118. The fourth-order valence-electron chi connectivity index (χ4n) is 2.95. The van der Waals surface area contributed by atoms with Gasteiger partial charge in [0.1, 0.15) is 17.5 Å². The molecular formula is C19H20ClN3O4. The quantitative estimate of drug-likeness (QED) is 0.822. The summed E-state index contributed by atoms with van der Waals surface area (Å²) >= 11 is 6.11. The highest BCUT2D eigenvalue weighted by molar-refractivity contribution is 6.32. The van der Waals surface area contributed by atoms with Gasteiger partial charge in [0, 0.05) is 18.3 Å². The number of amides is 3. The lowest BCUT2D eigenvalue weighted by atomic mass is 10.2. The van der Waals surface area contributed by atoms with Crippen molar-refractivity contribution in [1.82, 2.24) is 5.32 Å². The minimum absolute atomic E-state index is 0.143. The molecule has 0 saturated carbocycles. The summed E-state index contributed by atoms with van der Waals surface area (Å²) in [6.07, 6.45) is 0.529. The predicted molar refractivity (Wildman–Crippen MR) is 104 cm³/mol. The normalized spacial score (nSPS) is 16.2. The van der Waals surface area contributed by atoms with Gasteiger partial charge in [-0.05, 0) is 24.6 Å². The molecule has 0 aliphatic carbocycles. The van der Waals surface area contributed by atoms with E-state index in [0.717, 1.165) is 5.69 Å². The second-order valence-corrected chi connectivity index (χ2v) is 6.36. The van der Waals surface area contributed by atoms with Crippen molar-refractivity contribution in [3.63, 3.8) is 0 Å². The van der Waals surface area contributed by atoms with E-state index in [4.69, 9.17) is 21.1 Å². The predicted octanol–water partition coefficient (Wildman–Crippen LogP) is 3.28. The largest absolute Gasteiger partial charge is 0.495 e. The van der Waals surface area contributed by atoms with E-state index in [1.165, 1.54) is 20.3 Å². The summed E-state index contributed by atoms with van der Waals surface area (Å²) in [6.45, 7) is 0.547. The summed E-state index contributed by atoms with van der Waals surface area (Å²) in [7, 11) is 2.97. The van der Waals surface area contributed by atoms with Gasteiger partial charge in [0.05, 0.1) is 24.9 Å². The van der Waals surface area contributed by atoms with Crippen LogP contribution < -0.4 is 25.0 Å². The van der Waals surface area contributed by atoms with Crippen LogP contribution in [0.4, 0.5) is 16.2 Å². The number of nitrogens with one attached hydrogen (secondary N) is 2. The third-order valence-corrected chi connectivity index (χ3v) is 4.60. The first kappa shape index (κ1) is 18.8. The Morgan fingerprint density at radius 2 is 1.85 bits per heavy atom. The van der Waals surface area contributed by atoms with Gasteiger partial charge < -0.3 is 25.0 Å². The molecule has 0 bridgehead atoms. The van der Waals surface area contributed by atoms with E-state index in [2.05, 4.69) is 10.6 Å². The van der Waals surface area contributed by atoms with E-state index < -0.39 is 12.1 Å². The van der Waals surface area contributed by atoms with Gasteiger partial charge in [0.15, 0.2) is 0 Å². The number of hydrogen-bond donors (Lipinski definition) is 2. The molecule has 1 aliphatic heterocycles. The number of rotatable bonds is 5. The van der Waals surface area contributed by atoms with Crippen LogP contribution in [0.2, 0.25) is 5.02 Å². The average Bonchev–Trinajstić information content (AvgIpc) is 3.03. The number of nitrogens with zero attached hydrogens (tertiary/aromatic N) is 1. The van der Waals surface area contributed by atoms with Gasteiger partial charge in [0.2, 0.25) is 5.91 Å². The van der Waals surface area contributed by atoms with Crippen LogP contribution in [-0.4, -0.2) is 38.7 Å². The van der Waals surface area contributed by atoms with Crippen molar-refractivity contribution in [3.8, 4) is 11.5 Å². The molecule has 0 aromatic heterocycles. The minimum atomic E-state index is -0.593. The zero-order chi connectivity index (χ0) is 19.4. The zero-order valence-electron chi connectivity index (χ0n) is 15.0. The topological polar surface area (TPSA) is 79.9 Å². The van der Waals surface area contributed by atoms with Gasteiger partial charge in [-0.25, -0.2) is 4.79 Å². The number of benzene rings is 2. The third-order valence-electron chi connectivity index (χ3n) is 4.30. The Kier molecular flexibility index (Phi) is 5.71. The summed E-state index contributed by atoms with van der Waals surface area (Å²) in [5.74, 6) is 0.690. The maximum Gasteiger partial charge on any atom is 0.319 e. The van der Waals surface area contributed by atoms with Gasteiger partial charge in [0.25, 0.3) is 0 Å². The molecule has 7 nitrogen and oxygen atoms in total. The molecule has 0 unspecified atom stereocenters. The van der Waals surface area contributed by atoms with Gasteiger partial charge >= 0.3 is 6.03 Å². The maximum atomic E-state index is 12.6. The summed E-state index contributed by atoms with van der Waals surface area (Å²) < 4.78 is 10.4.